The molecule has 1 aromatic heterocycles. The number of fused-ring (bicyclic) bond motifs is 1. The van der Waals surface area contributed by atoms with Crippen LogP contribution in [0, 0.1) is 0 Å². The minimum atomic E-state index is 0.326. The highest BCUT2D eigenvalue weighted by Crippen LogP contribution is 2.19. The smallest absolute Gasteiger partial charge is 0.222 e. The quantitative estimate of drug-likeness (QED) is 0.834. The molecule has 6 heteroatoms. The van der Waals surface area contributed by atoms with Gasteiger partial charge in [0, 0.05) is 64.2 Å². The highest BCUT2D eigenvalue weighted by atomic mass is 16.5. The SMILES string of the molecule is O=C1CCCN1CCN1CCN(Cc2noc3ccccc23)CC1. The Morgan fingerprint density at radius 3 is 2.58 bits per heavy atom. The molecule has 0 radical (unpaired) electrons. The molecule has 2 aromatic rings. The molecule has 6 nitrogen and oxygen atoms in total. The van der Waals surface area contributed by atoms with Gasteiger partial charge in [-0.25, -0.2) is 0 Å². The monoisotopic (exact) mass is 328 g/mol. The van der Waals surface area contributed by atoms with Crippen LogP contribution in [0.25, 0.3) is 11.0 Å². The van der Waals surface area contributed by atoms with E-state index in [0.29, 0.717) is 5.91 Å². The molecule has 1 aromatic carbocycles. The fraction of sp³-hybridized carbons (Fsp3) is 0.556. The van der Waals surface area contributed by atoms with Crippen LogP contribution in [0.3, 0.4) is 0 Å². The van der Waals surface area contributed by atoms with Gasteiger partial charge in [0.15, 0.2) is 5.58 Å². The predicted octanol–water partition coefficient (Wildman–Crippen LogP) is 1.57. The van der Waals surface area contributed by atoms with Gasteiger partial charge in [0.1, 0.15) is 5.69 Å². The number of amides is 1. The zero-order chi connectivity index (χ0) is 16.4. The Bertz CT molecular complexity index is 706. The minimum absolute atomic E-state index is 0.326. The molecule has 0 atom stereocenters. The summed E-state index contributed by atoms with van der Waals surface area (Å²) >= 11 is 0. The van der Waals surface area contributed by atoms with E-state index in [1.54, 1.807) is 0 Å². The lowest BCUT2D eigenvalue weighted by Gasteiger charge is -2.35. The summed E-state index contributed by atoms with van der Waals surface area (Å²) in [5, 5.41) is 5.35. The van der Waals surface area contributed by atoms with Gasteiger partial charge >= 0.3 is 0 Å². The first-order chi connectivity index (χ1) is 11.8. The molecule has 0 spiro atoms. The van der Waals surface area contributed by atoms with Crippen molar-refractivity contribution in [3.63, 3.8) is 0 Å². The normalized spacial score (nSPS) is 20.3. The van der Waals surface area contributed by atoms with Gasteiger partial charge in [-0.2, -0.15) is 0 Å². The molecule has 0 unspecified atom stereocenters. The van der Waals surface area contributed by atoms with E-state index >= 15 is 0 Å². The van der Waals surface area contributed by atoms with E-state index in [2.05, 4.69) is 21.0 Å². The number of piperazine rings is 1. The van der Waals surface area contributed by atoms with Crippen LogP contribution >= 0.6 is 0 Å². The second-order valence-corrected chi connectivity index (χ2v) is 6.73. The molecule has 0 saturated carbocycles. The van der Waals surface area contributed by atoms with Gasteiger partial charge in [-0.05, 0) is 18.6 Å². The van der Waals surface area contributed by atoms with Crippen LogP contribution in [0.15, 0.2) is 28.8 Å². The average Bonchev–Trinajstić information content (AvgIpc) is 3.21. The number of likely N-dealkylation sites (tertiary alicyclic amines) is 1. The first kappa shape index (κ1) is 15.6. The van der Waals surface area contributed by atoms with E-state index in [0.717, 1.165) is 81.9 Å². The third kappa shape index (κ3) is 3.30. The van der Waals surface area contributed by atoms with E-state index in [4.69, 9.17) is 4.52 Å². The highest BCUT2D eigenvalue weighted by molar-refractivity contribution is 5.79. The number of benzene rings is 1. The van der Waals surface area contributed by atoms with Crippen molar-refractivity contribution in [1.82, 2.24) is 19.9 Å². The van der Waals surface area contributed by atoms with E-state index in [1.807, 2.05) is 23.1 Å². The summed E-state index contributed by atoms with van der Waals surface area (Å²) in [6.45, 7) is 7.84. The third-order valence-electron chi connectivity index (χ3n) is 5.15. The Hall–Kier alpha value is -1.92. The van der Waals surface area contributed by atoms with Crippen molar-refractivity contribution >= 4 is 16.9 Å². The molecule has 3 heterocycles. The molecule has 0 aliphatic carbocycles. The largest absolute Gasteiger partial charge is 0.356 e. The summed E-state index contributed by atoms with van der Waals surface area (Å²) in [5.74, 6) is 0.326. The summed E-state index contributed by atoms with van der Waals surface area (Å²) in [7, 11) is 0. The van der Waals surface area contributed by atoms with Crippen LogP contribution < -0.4 is 0 Å². The number of hydrogen-bond donors (Lipinski definition) is 0. The number of rotatable bonds is 5. The lowest BCUT2D eigenvalue weighted by atomic mass is 10.2. The number of nitrogens with zero attached hydrogens (tertiary/aromatic N) is 4. The standard InChI is InChI=1S/C18H24N4O2/c23-18-6-3-7-22(18)13-12-20-8-10-21(11-9-20)14-16-15-4-1-2-5-17(15)24-19-16/h1-2,4-5H,3,6-14H2. The molecule has 0 bridgehead atoms. The Morgan fingerprint density at radius 2 is 1.79 bits per heavy atom. The number of carbonyl (C=O) groups excluding carboxylic acids is 1. The molecule has 2 aliphatic heterocycles. The molecule has 24 heavy (non-hydrogen) atoms. The first-order valence-electron chi connectivity index (χ1n) is 8.85. The molecule has 128 valence electrons. The zero-order valence-corrected chi connectivity index (χ0v) is 14.0. The Morgan fingerprint density at radius 1 is 1.00 bits per heavy atom. The van der Waals surface area contributed by atoms with Gasteiger partial charge in [0.05, 0.1) is 0 Å². The average molecular weight is 328 g/mol. The van der Waals surface area contributed by atoms with Crippen LogP contribution in [0.1, 0.15) is 18.5 Å². The van der Waals surface area contributed by atoms with Crippen molar-refractivity contribution in [3.8, 4) is 0 Å². The zero-order valence-electron chi connectivity index (χ0n) is 14.0. The highest BCUT2D eigenvalue weighted by Gasteiger charge is 2.23. The van der Waals surface area contributed by atoms with Gasteiger partial charge in [0.2, 0.25) is 5.91 Å². The molecule has 0 N–H and O–H groups in total. The van der Waals surface area contributed by atoms with E-state index < -0.39 is 0 Å². The topological polar surface area (TPSA) is 52.8 Å². The predicted molar refractivity (Wildman–Crippen MR) is 91.5 cm³/mol. The van der Waals surface area contributed by atoms with Crippen LogP contribution in [-0.4, -0.2) is 71.6 Å². The van der Waals surface area contributed by atoms with E-state index in [1.165, 1.54) is 0 Å². The van der Waals surface area contributed by atoms with Crippen LogP contribution in [0.4, 0.5) is 0 Å². The fourth-order valence-electron chi connectivity index (χ4n) is 3.64. The number of para-hydroxylation sites is 1. The van der Waals surface area contributed by atoms with Crippen LogP contribution in [0.5, 0.6) is 0 Å². The van der Waals surface area contributed by atoms with E-state index in [9.17, 15) is 4.79 Å². The minimum Gasteiger partial charge on any atom is -0.356 e. The maximum absolute atomic E-state index is 11.7. The number of hydrogen-bond acceptors (Lipinski definition) is 5. The molecule has 2 aliphatic rings. The maximum atomic E-state index is 11.7. The lowest BCUT2D eigenvalue weighted by Crippen LogP contribution is -2.48. The van der Waals surface area contributed by atoms with Crippen molar-refractivity contribution in [2.75, 3.05) is 45.8 Å². The summed E-state index contributed by atoms with van der Waals surface area (Å²) in [5.41, 5.74) is 1.89. The lowest BCUT2D eigenvalue weighted by molar-refractivity contribution is -0.127. The van der Waals surface area contributed by atoms with Gasteiger partial charge in [-0.3, -0.25) is 14.6 Å². The molecule has 2 fully saturated rings. The first-order valence-corrected chi connectivity index (χ1v) is 8.85. The van der Waals surface area contributed by atoms with Gasteiger partial charge in [-0.15, -0.1) is 0 Å². The van der Waals surface area contributed by atoms with Crippen molar-refractivity contribution < 1.29 is 9.32 Å². The molecule has 1 amide bonds. The Kier molecular flexibility index (Phi) is 4.49. The molecule has 2 saturated heterocycles. The number of aromatic nitrogens is 1. The van der Waals surface area contributed by atoms with E-state index in [-0.39, 0.29) is 0 Å². The Labute approximate surface area is 142 Å². The third-order valence-corrected chi connectivity index (χ3v) is 5.15. The molecule has 4 rings (SSSR count). The second kappa shape index (κ2) is 6.91. The maximum Gasteiger partial charge on any atom is 0.222 e. The fourth-order valence-corrected chi connectivity index (χ4v) is 3.64. The van der Waals surface area contributed by atoms with Crippen LogP contribution in [0.2, 0.25) is 0 Å². The Balaban J connectivity index is 1.26. The van der Waals surface area contributed by atoms with Gasteiger partial charge < -0.3 is 9.42 Å². The molecular formula is C18H24N4O2. The van der Waals surface area contributed by atoms with Crippen molar-refractivity contribution in [2.45, 2.75) is 19.4 Å². The van der Waals surface area contributed by atoms with Gasteiger partial charge in [0.25, 0.3) is 0 Å². The van der Waals surface area contributed by atoms with Crippen molar-refractivity contribution in [2.24, 2.45) is 0 Å². The van der Waals surface area contributed by atoms with Crippen molar-refractivity contribution in [3.05, 3.63) is 30.0 Å². The van der Waals surface area contributed by atoms with Crippen LogP contribution in [-0.2, 0) is 11.3 Å². The van der Waals surface area contributed by atoms with Crippen molar-refractivity contribution in [1.29, 1.82) is 0 Å². The summed E-state index contributed by atoms with van der Waals surface area (Å²) < 4.78 is 5.39. The van der Waals surface area contributed by atoms with Gasteiger partial charge in [-0.1, -0.05) is 17.3 Å². The second-order valence-electron chi connectivity index (χ2n) is 6.73. The molecular weight excluding hydrogens is 304 g/mol. The summed E-state index contributed by atoms with van der Waals surface area (Å²) in [4.78, 5) is 18.6. The summed E-state index contributed by atoms with van der Waals surface area (Å²) in [6.07, 6.45) is 1.76. The summed E-state index contributed by atoms with van der Waals surface area (Å²) in [6, 6.07) is 8.04. The number of carbonyl (C=O) groups is 1.